The third-order valence-electron chi connectivity index (χ3n) is 4.66. The van der Waals surface area contributed by atoms with Crippen LogP contribution in [0.2, 0.25) is 0 Å². The Balaban J connectivity index is 1.71. The first-order chi connectivity index (χ1) is 12.1. The highest BCUT2D eigenvalue weighted by molar-refractivity contribution is 5.95. The zero-order chi connectivity index (χ0) is 17.6. The van der Waals surface area contributed by atoms with Crippen molar-refractivity contribution in [2.75, 3.05) is 13.1 Å². The van der Waals surface area contributed by atoms with E-state index in [1.54, 1.807) is 12.4 Å². The summed E-state index contributed by atoms with van der Waals surface area (Å²) in [5.41, 5.74) is 2.54. The molecule has 1 aliphatic rings. The number of amides is 1. The largest absolute Gasteiger partial charge is 0.481 e. The number of carboxylic acids is 1. The second-order valence-electron chi connectivity index (χ2n) is 6.52. The number of likely N-dealkylation sites (tertiary alicyclic amines) is 1. The molecule has 25 heavy (non-hydrogen) atoms. The molecule has 5 heteroatoms. The first-order valence-electron chi connectivity index (χ1n) is 8.65. The molecule has 1 fully saturated rings. The minimum Gasteiger partial charge on any atom is -0.481 e. The summed E-state index contributed by atoms with van der Waals surface area (Å²) in [6.07, 6.45) is 6.06. The summed E-state index contributed by atoms with van der Waals surface area (Å²) in [6, 6.07) is 11.7. The fourth-order valence-electron chi connectivity index (χ4n) is 3.34. The molecule has 0 saturated carbocycles. The van der Waals surface area contributed by atoms with Crippen LogP contribution >= 0.6 is 0 Å². The number of carbonyl (C=O) groups is 2. The van der Waals surface area contributed by atoms with Crippen LogP contribution in [0.3, 0.4) is 0 Å². The summed E-state index contributed by atoms with van der Waals surface area (Å²) < 4.78 is 0. The zero-order valence-corrected chi connectivity index (χ0v) is 14.1. The molecule has 1 N–H and O–H groups in total. The number of aromatic nitrogens is 1. The van der Waals surface area contributed by atoms with Crippen LogP contribution in [0, 0.1) is 5.92 Å². The molecule has 0 bridgehead atoms. The smallest absolute Gasteiger partial charge is 0.303 e. The van der Waals surface area contributed by atoms with E-state index in [1.165, 1.54) is 0 Å². The number of carboxylic acid groups (broad SMARTS) is 1. The van der Waals surface area contributed by atoms with Crippen molar-refractivity contribution in [3.63, 3.8) is 0 Å². The molecule has 1 saturated heterocycles. The van der Waals surface area contributed by atoms with Crippen LogP contribution in [0.15, 0.2) is 48.8 Å². The Kier molecular flexibility index (Phi) is 5.43. The summed E-state index contributed by atoms with van der Waals surface area (Å²) in [7, 11) is 0. The lowest BCUT2D eigenvalue weighted by molar-refractivity contribution is -0.137. The first kappa shape index (κ1) is 17.1. The Bertz CT molecular complexity index is 746. The minimum absolute atomic E-state index is 0.0229. The van der Waals surface area contributed by atoms with Gasteiger partial charge in [-0.05, 0) is 36.8 Å². The van der Waals surface area contributed by atoms with E-state index in [-0.39, 0.29) is 18.2 Å². The van der Waals surface area contributed by atoms with Gasteiger partial charge in [-0.15, -0.1) is 0 Å². The van der Waals surface area contributed by atoms with Crippen LogP contribution in [0.4, 0.5) is 0 Å². The molecule has 1 unspecified atom stereocenters. The normalized spacial score (nSPS) is 17.3. The van der Waals surface area contributed by atoms with Crippen LogP contribution in [0.5, 0.6) is 0 Å². The maximum Gasteiger partial charge on any atom is 0.303 e. The Morgan fingerprint density at radius 1 is 1.16 bits per heavy atom. The number of rotatable bonds is 5. The molecule has 1 atom stereocenters. The van der Waals surface area contributed by atoms with Crippen molar-refractivity contribution in [1.29, 1.82) is 0 Å². The molecule has 0 radical (unpaired) electrons. The van der Waals surface area contributed by atoms with Crippen molar-refractivity contribution >= 4 is 11.9 Å². The van der Waals surface area contributed by atoms with Gasteiger partial charge in [0.25, 0.3) is 5.91 Å². The van der Waals surface area contributed by atoms with Crippen molar-refractivity contribution in [2.24, 2.45) is 5.92 Å². The Hall–Kier alpha value is -2.69. The van der Waals surface area contributed by atoms with E-state index in [1.807, 2.05) is 41.3 Å². The van der Waals surface area contributed by atoms with Crippen LogP contribution in [-0.2, 0) is 4.79 Å². The van der Waals surface area contributed by atoms with E-state index in [0.717, 1.165) is 30.5 Å². The molecule has 1 aromatic carbocycles. The van der Waals surface area contributed by atoms with Gasteiger partial charge >= 0.3 is 5.97 Å². The third kappa shape index (κ3) is 4.44. The minimum atomic E-state index is -0.775. The highest BCUT2D eigenvalue weighted by Crippen LogP contribution is 2.24. The molecule has 2 heterocycles. The van der Waals surface area contributed by atoms with Crippen molar-refractivity contribution in [3.8, 4) is 11.1 Å². The SMILES string of the molecule is O=C(O)CCC1CCCN(C(=O)c2cncc(-c3ccccc3)c2)C1. The number of hydrogen-bond acceptors (Lipinski definition) is 3. The first-order valence-corrected chi connectivity index (χ1v) is 8.65. The fourth-order valence-corrected chi connectivity index (χ4v) is 3.34. The van der Waals surface area contributed by atoms with E-state index in [2.05, 4.69) is 4.98 Å². The second-order valence-corrected chi connectivity index (χ2v) is 6.52. The fraction of sp³-hybridized carbons (Fsp3) is 0.350. The molecular formula is C20H22N2O3. The molecule has 130 valence electrons. The lowest BCUT2D eigenvalue weighted by atomic mass is 9.93. The maximum atomic E-state index is 12.8. The monoisotopic (exact) mass is 338 g/mol. The number of carbonyl (C=O) groups excluding carboxylic acids is 1. The maximum absolute atomic E-state index is 12.8. The van der Waals surface area contributed by atoms with Crippen LogP contribution in [0.25, 0.3) is 11.1 Å². The molecule has 0 spiro atoms. The molecule has 1 aromatic heterocycles. The summed E-state index contributed by atoms with van der Waals surface area (Å²) in [6.45, 7) is 1.35. The highest BCUT2D eigenvalue weighted by Gasteiger charge is 2.25. The number of pyridine rings is 1. The van der Waals surface area contributed by atoms with E-state index in [4.69, 9.17) is 5.11 Å². The lowest BCUT2D eigenvalue weighted by Crippen LogP contribution is -2.40. The third-order valence-corrected chi connectivity index (χ3v) is 4.66. The number of benzene rings is 1. The quantitative estimate of drug-likeness (QED) is 0.906. The van der Waals surface area contributed by atoms with Gasteiger partial charge in [0.1, 0.15) is 0 Å². The predicted molar refractivity (Wildman–Crippen MR) is 95.2 cm³/mol. The van der Waals surface area contributed by atoms with E-state index < -0.39 is 5.97 Å². The highest BCUT2D eigenvalue weighted by atomic mass is 16.4. The summed E-state index contributed by atoms with van der Waals surface area (Å²) in [4.78, 5) is 29.7. The molecule has 0 aliphatic carbocycles. The van der Waals surface area contributed by atoms with E-state index >= 15 is 0 Å². The molecule has 3 rings (SSSR count). The van der Waals surface area contributed by atoms with Crippen molar-refractivity contribution in [3.05, 3.63) is 54.4 Å². The van der Waals surface area contributed by atoms with Gasteiger partial charge in [0.05, 0.1) is 5.56 Å². The summed E-state index contributed by atoms with van der Waals surface area (Å²) in [5.74, 6) is -0.535. The van der Waals surface area contributed by atoms with Gasteiger partial charge in [-0.25, -0.2) is 0 Å². The van der Waals surface area contributed by atoms with Gasteiger partial charge in [0.2, 0.25) is 0 Å². The summed E-state index contributed by atoms with van der Waals surface area (Å²) in [5, 5.41) is 8.85. The van der Waals surface area contributed by atoms with Gasteiger partial charge in [0, 0.05) is 37.5 Å². The average molecular weight is 338 g/mol. The number of piperidine rings is 1. The zero-order valence-electron chi connectivity index (χ0n) is 14.1. The molecule has 1 aliphatic heterocycles. The van der Waals surface area contributed by atoms with Gasteiger partial charge in [-0.1, -0.05) is 30.3 Å². The number of hydrogen-bond donors (Lipinski definition) is 1. The van der Waals surface area contributed by atoms with Crippen molar-refractivity contribution in [1.82, 2.24) is 9.88 Å². The Morgan fingerprint density at radius 2 is 1.96 bits per heavy atom. The van der Waals surface area contributed by atoms with Gasteiger partial charge < -0.3 is 10.0 Å². The van der Waals surface area contributed by atoms with Crippen molar-refractivity contribution in [2.45, 2.75) is 25.7 Å². The lowest BCUT2D eigenvalue weighted by Gasteiger charge is -2.32. The van der Waals surface area contributed by atoms with Crippen LogP contribution < -0.4 is 0 Å². The summed E-state index contributed by atoms with van der Waals surface area (Å²) >= 11 is 0. The number of nitrogens with zero attached hydrogens (tertiary/aromatic N) is 2. The van der Waals surface area contributed by atoms with Gasteiger partial charge in [0.15, 0.2) is 0 Å². The van der Waals surface area contributed by atoms with Crippen molar-refractivity contribution < 1.29 is 14.7 Å². The van der Waals surface area contributed by atoms with Crippen LogP contribution in [-0.4, -0.2) is 40.0 Å². The second kappa shape index (κ2) is 7.92. The Morgan fingerprint density at radius 3 is 2.72 bits per heavy atom. The molecule has 5 nitrogen and oxygen atoms in total. The van der Waals surface area contributed by atoms with Crippen LogP contribution in [0.1, 0.15) is 36.0 Å². The van der Waals surface area contributed by atoms with Gasteiger partial charge in [-0.2, -0.15) is 0 Å². The van der Waals surface area contributed by atoms with E-state index in [9.17, 15) is 9.59 Å². The Labute approximate surface area is 147 Å². The average Bonchev–Trinajstić information content (AvgIpc) is 2.67. The molecule has 2 aromatic rings. The topological polar surface area (TPSA) is 70.5 Å². The standard InChI is InChI=1S/C20H22N2O3/c23-19(24)9-8-15-5-4-10-22(14-15)20(25)18-11-17(12-21-13-18)16-6-2-1-3-7-16/h1-3,6-7,11-13,15H,4-5,8-10,14H2,(H,23,24). The predicted octanol–water partition coefficient (Wildman–Crippen LogP) is 3.47. The number of aliphatic carboxylic acids is 1. The van der Waals surface area contributed by atoms with E-state index in [0.29, 0.717) is 18.5 Å². The molecular weight excluding hydrogens is 316 g/mol. The van der Waals surface area contributed by atoms with Gasteiger partial charge in [-0.3, -0.25) is 14.6 Å². The molecule has 1 amide bonds.